The molecule has 0 saturated heterocycles. The fourth-order valence-electron chi connectivity index (χ4n) is 2.79. The zero-order valence-electron chi connectivity index (χ0n) is 15.9. The van der Waals surface area contributed by atoms with Gasteiger partial charge in [-0.3, -0.25) is 4.79 Å². The molecule has 0 aliphatic rings. The van der Waals surface area contributed by atoms with Crippen LogP contribution in [-0.2, 0) is 4.79 Å². The Bertz CT molecular complexity index is 302. The molecule has 0 aromatic carbocycles. The molecule has 5 nitrogen and oxygen atoms in total. The van der Waals surface area contributed by atoms with Gasteiger partial charge < -0.3 is 32.4 Å². The zero-order valence-corrected chi connectivity index (χ0v) is 16.7. The molecule has 0 aliphatic heterocycles. The van der Waals surface area contributed by atoms with E-state index < -0.39 is 6.10 Å². The first-order valence-corrected chi connectivity index (χ1v) is 9.29. The number of carbonyl (C=O) groups is 1. The maximum absolute atomic E-state index is 11.7. The van der Waals surface area contributed by atoms with Gasteiger partial charge in [-0.1, -0.05) is 45.4 Å². The van der Waals surface area contributed by atoms with Gasteiger partial charge in [-0.2, -0.15) is 0 Å². The van der Waals surface area contributed by atoms with Crippen LogP contribution in [0, 0.1) is 0 Å². The van der Waals surface area contributed by atoms with Gasteiger partial charge in [0.1, 0.15) is 12.6 Å². The average molecular weight is 367 g/mol. The first-order chi connectivity index (χ1) is 10.9. The van der Waals surface area contributed by atoms with Crippen LogP contribution in [0.3, 0.4) is 0 Å². The molecule has 146 valence electrons. The Morgan fingerprint density at radius 1 is 1.04 bits per heavy atom. The lowest BCUT2D eigenvalue weighted by Crippen LogP contribution is -3.00. The van der Waals surface area contributed by atoms with Crippen LogP contribution >= 0.6 is 0 Å². The summed E-state index contributed by atoms with van der Waals surface area (Å²) in [6.07, 6.45) is 9.44. The van der Waals surface area contributed by atoms with Crippen LogP contribution < -0.4 is 17.7 Å². The Kier molecular flexibility index (Phi) is 17.4. The predicted octanol–water partition coefficient (Wildman–Crippen LogP) is -0.933. The van der Waals surface area contributed by atoms with Crippen molar-refractivity contribution >= 4 is 5.91 Å². The molecular weight excluding hydrogens is 328 g/mol. The third-order valence-corrected chi connectivity index (χ3v) is 4.19. The minimum atomic E-state index is -0.670. The van der Waals surface area contributed by atoms with Gasteiger partial charge in [0, 0.05) is 19.4 Å². The van der Waals surface area contributed by atoms with E-state index in [2.05, 4.69) is 12.2 Å². The van der Waals surface area contributed by atoms with E-state index in [9.17, 15) is 9.90 Å². The van der Waals surface area contributed by atoms with Gasteiger partial charge in [0.25, 0.3) is 0 Å². The number of rotatable bonds is 15. The second-order valence-corrected chi connectivity index (χ2v) is 7.25. The molecule has 6 heteroatoms. The minimum absolute atomic E-state index is 0. The molecule has 0 saturated carbocycles. The molecule has 0 aromatic rings. The summed E-state index contributed by atoms with van der Waals surface area (Å²) >= 11 is 0. The molecule has 0 aliphatic carbocycles. The fraction of sp³-hybridized carbons (Fsp3) is 0.944. The lowest BCUT2D eigenvalue weighted by molar-refractivity contribution is -0.893. The van der Waals surface area contributed by atoms with Gasteiger partial charge in [0.2, 0.25) is 5.91 Å². The number of halogens is 1. The molecular formula is C18H39ClN2O3. The molecule has 24 heavy (non-hydrogen) atoms. The first kappa shape index (κ1) is 25.9. The van der Waals surface area contributed by atoms with Gasteiger partial charge in [-0.15, -0.1) is 0 Å². The van der Waals surface area contributed by atoms with Gasteiger partial charge in [-0.25, -0.2) is 0 Å². The van der Waals surface area contributed by atoms with Crippen LogP contribution in [0.2, 0.25) is 0 Å². The molecule has 1 amide bonds. The third kappa shape index (κ3) is 16.5. The predicted molar refractivity (Wildman–Crippen MR) is 95.2 cm³/mol. The molecule has 0 bridgehead atoms. The van der Waals surface area contributed by atoms with Crippen molar-refractivity contribution in [1.29, 1.82) is 0 Å². The van der Waals surface area contributed by atoms with Crippen LogP contribution in [0.4, 0.5) is 0 Å². The molecule has 0 fully saturated rings. The molecule has 0 spiro atoms. The summed E-state index contributed by atoms with van der Waals surface area (Å²) in [6.45, 7) is 4.11. The second kappa shape index (κ2) is 16.1. The SMILES string of the molecule is CCCCCCCCCC(=O)NCCC[N+](C)(C)CC(O)CO.[Cl-]. The van der Waals surface area contributed by atoms with Crippen LogP contribution in [-0.4, -0.2) is 67.0 Å². The lowest BCUT2D eigenvalue weighted by Gasteiger charge is -2.31. The summed E-state index contributed by atoms with van der Waals surface area (Å²) in [5.41, 5.74) is 0. The van der Waals surface area contributed by atoms with E-state index in [1.807, 2.05) is 14.1 Å². The number of carbonyl (C=O) groups excluding carboxylic acids is 1. The van der Waals surface area contributed by atoms with Crippen molar-refractivity contribution in [3.05, 3.63) is 0 Å². The zero-order chi connectivity index (χ0) is 17.6. The Hall–Kier alpha value is -0.360. The van der Waals surface area contributed by atoms with Crippen LogP contribution in [0.25, 0.3) is 0 Å². The Morgan fingerprint density at radius 2 is 1.62 bits per heavy atom. The van der Waals surface area contributed by atoms with E-state index in [0.717, 1.165) is 25.8 Å². The summed E-state index contributed by atoms with van der Waals surface area (Å²) in [5.74, 6) is 0.152. The number of aliphatic hydroxyl groups is 2. The summed E-state index contributed by atoms with van der Waals surface area (Å²) in [5, 5.41) is 21.4. The minimum Gasteiger partial charge on any atom is -1.00 e. The van der Waals surface area contributed by atoms with Crippen LogP contribution in [0.5, 0.6) is 0 Å². The summed E-state index contributed by atoms with van der Waals surface area (Å²) < 4.78 is 0.648. The number of quaternary nitrogens is 1. The molecule has 0 heterocycles. The van der Waals surface area contributed by atoms with Crippen LogP contribution in [0.1, 0.15) is 64.7 Å². The summed E-state index contributed by atoms with van der Waals surface area (Å²) in [7, 11) is 4.05. The quantitative estimate of drug-likeness (QED) is 0.259. The van der Waals surface area contributed by atoms with Crippen molar-refractivity contribution in [2.75, 3.05) is 40.3 Å². The van der Waals surface area contributed by atoms with Gasteiger partial charge >= 0.3 is 0 Å². The highest BCUT2D eigenvalue weighted by atomic mass is 35.5. The maximum atomic E-state index is 11.7. The molecule has 3 N–H and O–H groups in total. The smallest absolute Gasteiger partial charge is 0.219 e. The lowest BCUT2D eigenvalue weighted by atomic mass is 10.1. The number of amides is 1. The Morgan fingerprint density at radius 3 is 2.21 bits per heavy atom. The van der Waals surface area contributed by atoms with Crippen molar-refractivity contribution in [2.24, 2.45) is 0 Å². The molecule has 1 unspecified atom stereocenters. The average Bonchev–Trinajstić information content (AvgIpc) is 2.50. The standard InChI is InChI=1S/C18H38N2O3.ClH/c1-4-5-6-7-8-9-10-12-18(23)19-13-11-14-20(2,3)15-17(22)16-21;/h17,21-22H,4-16H2,1-3H3;1H. The monoisotopic (exact) mass is 366 g/mol. The van der Waals surface area contributed by atoms with Crippen molar-refractivity contribution in [3.8, 4) is 0 Å². The molecule has 1 atom stereocenters. The number of nitrogens with zero attached hydrogens (tertiary/aromatic N) is 1. The normalized spacial score (nSPS) is 12.5. The maximum Gasteiger partial charge on any atom is 0.219 e. The number of hydrogen-bond donors (Lipinski definition) is 3. The van der Waals surface area contributed by atoms with Gasteiger partial charge in [-0.05, 0) is 6.42 Å². The van der Waals surface area contributed by atoms with E-state index in [1.54, 1.807) is 0 Å². The van der Waals surface area contributed by atoms with Crippen molar-refractivity contribution < 1.29 is 31.9 Å². The van der Waals surface area contributed by atoms with Gasteiger partial charge in [0.15, 0.2) is 0 Å². The van der Waals surface area contributed by atoms with E-state index in [1.165, 1.54) is 32.1 Å². The van der Waals surface area contributed by atoms with Crippen molar-refractivity contribution in [1.82, 2.24) is 5.32 Å². The number of hydrogen-bond acceptors (Lipinski definition) is 3. The van der Waals surface area contributed by atoms with E-state index in [-0.39, 0.29) is 24.9 Å². The number of unbranched alkanes of at least 4 members (excludes halogenated alkanes) is 6. The molecule has 0 radical (unpaired) electrons. The Labute approximate surface area is 154 Å². The third-order valence-electron chi connectivity index (χ3n) is 4.19. The first-order valence-electron chi connectivity index (χ1n) is 9.29. The highest BCUT2D eigenvalue weighted by Gasteiger charge is 2.19. The van der Waals surface area contributed by atoms with Gasteiger partial charge in [0.05, 0.1) is 27.2 Å². The summed E-state index contributed by atoms with van der Waals surface area (Å²) in [4.78, 5) is 11.7. The van der Waals surface area contributed by atoms with Crippen LogP contribution in [0.15, 0.2) is 0 Å². The fourth-order valence-corrected chi connectivity index (χ4v) is 2.79. The van der Waals surface area contributed by atoms with E-state index in [4.69, 9.17) is 5.11 Å². The molecule has 0 rings (SSSR count). The highest BCUT2D eigenvalue weighted by Crippen LogP contribution is 2.08. The largest absolute Gasteiger partial charge is 1.00 e. The summed E-state index contributed by atoms with van der Waals surface area (Å²) in [6, 6.07) is 0. The number of nitrogens with one attached hydrogen (secondary N) is 1. The number of likely N-dealkylation sites (N-methyl/N-ethyl adjacent to an activating group) is 1. The topological polar surface area (TPSA) is 69.6 Å². The van der Waals surface area contributed by atoms with Crippen molar-refractivity contribution in [3.63, 3.8) is 0 Å². The second-order valence-electron chi connectivity index (χ2n) is 7.25. The highest BCUT2D eigenvalue weighted by molar-refractivity contribution is 5.75. The number of aliphatic hydroxyl groups excluding tert-OH is 2. The van der Waals surface area contributed by atoms with E-state index >= 15 is 0 Å². The Balaban J connectivity index is 0. The van der Waals surface area contributed by atoms with E-state index in [0.29, 0.717) is 24.0 Å². The van der Waals surface area contributed by atoms with Crippen molar-refractivity contribution in [2.45, 2.75) is 70.8 Å². The molecule has 0 aromatic heterocycles.